The average Bonchev–Trinajstić information content (AvgIpc) is 2.66. The summed E-state index contributed by atoms with van der Waals surface area (Å²) in [6.45, 7) is 6.75. The Morgan fingerprint density at radius 2 is 1.88 bits per heavy atom. The number of hydrogen-bond acceptors (Lipinski definition) is 4. The maximum absolute atomic E-state index is 12.5. The van der Waals surface area contributed by atoms with Crippen LogP contribution in [0.3, 0.4) is 0 Å². The molecule has 1 aliphatic rings. The van der Waals surface area contributed by atoms with E-state index in [1.54, 1.807) is 23.8 Å². The maximum Gasteiger partial charge on any atom is 0.317 e. The molecule has 3 amide bonds. The molecule has 25 heavy (non-hydrogen) atoms. The lowest BCUT2D eigenvalue weighted by Crippen LogP contribution is -2.54. The van der Waals surface area contributed by atoms with Gasteiger partial charge in [-0.25, -0.2) is 4.79 Å². The van der Waals surface area contributed by atoms with Gasteiger partial charge in [-0.2, -0.15) is 0 Å². The van der Waals surface area contributed by atoms with Crippen molar-refractivity contribution in [3.05, 3.63) is 29.8 Å². The van der Waals surface area contributed by atoms with E-state index in [2.05, 4.69) is 5.32 Å². The van der Waals surface area contributed by atoms with Gasteiger partial charge in [0.1, 0.15) is 11.9 Å². The van der Waals surface area contributed by atoms with Crippen molar-refractivity contribution in [3.63, 3.8) is 0 Å². The third-order valence-corrected chi connectivity index (χ3v) is 4.19. The number of methoxy groups -OCH3 is 1. The maximum atomic E-state index is 12.5. The number of rotatable bonds is 6. The number of ether oxygens (including phenoxy) is 2. The largest absolute Gasteiger partial charge is 0.497 e. The van der Waals surface area contributed by atoms with Gasteiger partial charge in [-0.15, -0.1) is 0 Å². The van der Waals surface area contributed by atoms with E-state index >= 15 is 0 Å². The smallest absolute Gasteiger partial charge is 0.317 e. The van der Waals surface area contributed by atoms with E-state index in [0.29, 0.717) is 39.3 Å². The van der Waals surface area contributed by atoms with E-state index in [0.717, 1.165) is 11.3 Å². The van der Waals surface area contributed by atoms with Crippen molar-refractivity contribution in [1.82, 2.24) is 15.1 Å². The van der Waals surface area contributed by atoms with Gasteiger partial charge in [0.2, 0.25) is 0 Å². The Balaban J connectivity index is 1.79. The molecule has 2 rings (SSSR count). The summed E-state index contributed by atoms with van der Waals surface area (Å²) in [6, 6.07) is 7.51. The molecule has 138 valence electrons. The lowest BCUT2D eigenvalue weighted by molar-refractivity contribution is -0.144. The first-order valence-corrected chi connectivity index (χ1v) is 8.61. The molecule has 1 aromatic carbocycles. The van der Waals surface area contributed by atoms with Crippen LogP contribution >= 0.6 is 0 Å². The monoisotopic (exact) mass is 349 g/mol. The van der Waals surface area contributed by atoms with Crippen molar-refractivity contribution in [2.24, 2.45) is 0 Å². The number of carbonyl (C=O) groups excluding carboxylic acids is 2. The predicted molar refractivity (Wildman–Crippen MR) is 94.5 cm³/mol. The van der Waals surface area contributed by atoms with Crippen LogP contribution in [-0.2, 0) is 16.1 Å². The summed E-state index contributed by atoms with van der Waals surface area (Å²) in [5.74, 6) is 0.722. The Hall–Kier alpha value is -2.28. The molecule has 0 aliphatic carbocycles. The van der Waals surface area contributed by atoms with Crippen LogP contribution in [0.4, 0.5) is 4.79 Å². The molecule has 1 atom stereocenters. The van der Waals surface area contributed by atoms with E-state index in [-0.39, 0.29) is 11.9 Å². The molecule has 1 saturated heterocycles. The highest BCUT2D eigenvalue weighted by molar-refractivity contribution is 5.81. The molecule has 0 unspecified atom stereocenters. The van der Waals surface area contributed by atoms with Gasteiger partial charge in [0.15, 0.2) is 0 Å². The van der Waals surface area contributed by atoms with Crippen molar-refractivity contribution in [3.8, 4) is 5.75 Å². The van der Waals surface area contributed by atoms with Crippen LogP contribution in [0.2, 0.25) is 0 Å². The fourth-order valence-electron chi connectivity index (χ4n) is 2.70. The summed E-state index contributed by atoms with van der Waals surface area (Å²) < 4.78 is 10.9. The van der Waals surface area contributed by atoms with Gasteiger partial charge in [0.25, 0.3) is 5.91 Å². The number of piperazine rings is 1. The number of nitrogens with zero attached hydrogens (tertiary/aromatic N) is 2. The first-order chi connectivity index (χ1) is 12.0. The Bertz CT molecular complexity index is 585. The molecular weight excluding hydrogens is 322 g/mol. The molecule has 1 aromatic rings. The SMILES string of the molecule is CCNC(=O)N1CCN(C(=O)[C@@H](C)OCc2cccc(OC)c2)CC1. The topological polar surface area (TPSA) is 71.1 Å². The molecule has 0 spiro atoms. The zero-order valence-corrected chi connectivity index (χ0v) is 15.2. The second-order valence-corrected chi connectivity index (χ2v) is 5.95. The minimum atomic E-state index is -0.526. The van der Waals surface area contributed by atoms with Crippen LogP contribution in [0, 0.1) is 0 Å². The zero-order valence-electron chi connectivity index (χ0n) is 15.2. The van der Waals surface area contributed by atoms with Crippen molar-refractivity contribution < 1.29 is 19.1 Å². The van der Waals surface area contributed by atoms with Crippen molar-refractivity contribution in [2.75, 3.05) is 39.8 Å². The molecule has 1 fully saturated rings. The summed E-state index contributed by atoms with van der Waals surface area (Å²) in [7, 11) is 1.62. The van der Waals surface area contributed by atoms with Crippen LogP contribution < -0.4 is 10.1 Å². The van der Waals surface area contributed by atoms with Gasteiger partial charge in [-0.05, 0) is 31.5 Å². The number of carbonyl (C=O) groups is 2. The van der Waals surface area contributed by atoms with Crippen molar-refractivity contribution in [1.29, 1.82) is 0 Å². The third-order valence-electron chi connectivity index (χ3n) is 4.19. The first kappa shape index (κ1) is 19.1. The van der Waals surface area contributed by atoms with Crippen molar-refractivity contribution in [2.45, 2.75) is 26.6 Å². The molecule has 1 heterocycles. The van der Waals surface area contributed by atoms with Gasteiger partial charge < -0.3 is 24.6 Å². The Labute approximate surface area is 148 Å². The minimum absolute atomic E-state index is 0.0431. The number of hydrogen-bond donors (Lipinski definition) is 1. The molecular formula is C18H27N3O4. The van der Waals surface area contributed by atoms with Gasteiger partial charge in [-0.1, -0.05) is 12.1 Å². The predicted octanol–water partition coefficient (Wildman–Crippen LogP) is 1.47. The molecule has 0 bridgehead atoms. The Morgan fingerprint density at radius 3 is 2.52 bits per heavy atom. The van der Waals surface area contributed by atoms with Gasteiger partial charge in [0.05, 0.1) is 13.7 Å². The number of urea groups is 1. The fraction of sp³-hybridized carbons (Fsp3) is 0.556. The second kappa shape index (κ2) is 9.27. The normalized spacial score (nSPS) is 15.6. The highest BCUT2D eigenvalue weighted by Gasteiger charge is 2.27. The highest BCUT2D eigenvalue weighted by atomic mass is 16.5. The summed E-state index contributed by atoms with van der Waals surface area (Å²) in [5, 5.41) is 2.78. The van der Waals surface area contributed by atoms with Crippen LogP contribution in [0.25, 0.3) is 0 Å². The first-order valence-electron chi connectivity index (χ1n) is 8.61. The quantitative estimate of drug-likeness (QED) is 0.844. The second-order valence-electron chi connectivity index (χ2n) is 5.95. The number of benzene rings is 1. The molecule has 1 aliphatic heterocycles. The van der Waals surface area contributed by atoms with E-state index in [1.807, 2.05) is 31.2 Å². The van der Waals surface area contributed by atoms with E-state index in [1.165, 1.54) is 0 Å². The number of nitrogens with one attached hydrogen (secondary N) is 1. The Morgan fingerprint density at radius 1 is 1.20 bits per heavy atom. The van der Waals surface area contributed by atoms with Gasteiger partial charge >= 0.3 is 6.03 Å². The average molecular weight is 349 g/mol. The van der Waals surface area contributed by atoms with Crippen LogP contribution in [0.1, 0.15) is 19.4 Å². The lowest BCUT2D eigenvalue weighted by atomic mass is 10.2. The Kier molecular flexibility index (Phi) is 7.06. The van der Waals surface area contributed by atoms with Gasteiger partial charge in [-0.3, -0.25) is 4.79 Å². The molecule has 0 saturated carbocycles. The van der Waals surface area contributed by atoms with Crippen LogP contribution in [-0.4, -0.2) is 67.7 Å². The highest BCUT2D eigenvalue weighted by Crippen LogP contribution is 2.14. The minimum Gasteiger partial charge on any atom is -0.497 e. The van der Waals surface area contributed by atoms with E-state index < -0.39 is 6.10 Å². The molecule has 0 aromatic heterocycles. The zero-order chi connectivity index (χ0) is 18.2. The molecule has 7 nitrogen and oxygen atoms in total. The standard InChI is InChI=1S/C18H27N3O4/c1-4-19-18(23)21-10-8-20(9-11-21)17(22)14(2)25-13-15-6-5-7-16(12-15)24-3/h5-7,12,14H,4,8-11,13H2,1-3H3,(H,19,23)/t14-/m1/s1. The molecule has 0 radical (unpaired) electrons. The molecule has 1 N–H and O–H groups in total. The molecule has 7 heteroatoms. The van der Waals surface area contributed by atoms with Crippen LogP contribution in [0.5, 0.6) is 5.75 Å². The summed E-state index contributed by atoms with van der Waals surface area (Å²) in [4.78, 5) is 27.8. The van der Waals surface area contributed by atoms with E-state index in [4.69, 9.17) is 9.47 Å². The fourth-order valence-corrected chi connectivity index (χ4v) is 2.70. The van der Waals surface area contributed by atoms with E-state index in [9.17, 15) is 9.59 Å². The third kappa shape index (κ3) is 5.35. The van der Waals surface area contributed by atoms with Crippen LogP contribution in [0.15, 0.2) is 24.3 Å². The lowest BCUT2D eigenvalue weighted by Gasteiger charge is -2.35. The summed E-state index contributed by atoms with van der Waals surface area (Å²) in [6.07, 6.45) is -0.526. The van der Waals surface area contributed by atoms with Crippen molar-refractivity contribution >= 4 is 11.9 Å². The summed E-state index contributed by atoms with van der Waals surface area (Å²) in [5.41, 5.74) is 0.958. The number of amides is 3. The van der Waals surface area contributed by atoms with Gasteiger partial charge in [0, 0.05) is 32.7 Å². The summed E-state index contributed by atoms with van der Waals surface area (Å²) >= 11 is 0.